The molecular formula is C17H19Cl2NO2S. The Morgan fingerprint density at radius 1 is 1.04 bits per heavy atom. The predicted octanol–water partition coefficient (Wildman–Crippen LogP) is 4.74. The van der Waals surface area contributed by atoms with Gasteiger partial charge in [0.05, 0.1) is 5.75 Å². The van der Waals surface area contributed by atoms with Gasteiger partial charge in [0.2, 0.25) is 10.0 Å². The molecule has 0 saturated heterocycles. The maximum Gasteiger partial charge on any atom is 0.216 e. The van der Waals surface area contributed by atoms with Crippen LogP contribution < -0.4 is 4.72 Å². The van der Waals surface area contributed by atoms with Gasteiger partial charge in [-0.3, -0.25) is 0 Å². The van der Waals surface area contributed by atoms with Crippen molar-refractivity contribution in [2.75, 3.05) is 0 Å². The van der Waals surface area contributed by atoms with Crippen LogP contribution in [0.25, 0.3) is 0 Å². The van der Waals surface area contributed by atoms with Crippen molar-refractivity contribution < 1.29 is 8.42 Å². The van der Waals surface area contributed by atoms with Crippen molar-refractivity contribution in [2.45, 2.75) is 32.1 Å². The highest BCUT2D eigenvalue weighted by Gasteiger charge is 2.19. The number of rotatable bonds is 6. The van der Waals surface area contributed by atoms with Gasteiger partial charge in [0.15, 0.2) is 0 Å². The molecule has 2 aromatic carbocycles. The third-order valence-electron chi connectivity index (χ3n) is 3.64. The van der Waals surface area contributed by atoms with Crippen LogP contribution >= 0.6 is 23.2 Å². The lowest BCUT2D eigenvalue weighted by atomic mass is 10.1. The summed E-state index contributed by atoms with van der Waals surface area (Å²) in [7, 11) is -3.56. The van der Waals surface area contributed by atoms with Gasteiger partial charge in [-0.1, -0.05) is 60.5 Å². The molecule has 2 aromatic rings. The first-order chi connectivity index (χ1) is 10.8. The molecule has 0 amide bonds. The monoisotopic (exact) mass is 371 g/mol. The Morgan fingerprint density at radius 3 is 2.13 bits per heavy atom. The Balaban J connectivity index is 2.13. The van der Waals surface area contributed by atoms with E-state index in [1.54, 1.807) is 18.2 Å². The highest BCUT2D eigenvalue weighted by molar-refractivity contribution is 7.88. The molecule has 0 aliphatic heterocycles. The predicted molar refractivity (Wildman–Crippen MR) is 96.5 cm³/mol. The zero-order chi connectivity index (χ0) is 17.0. The van der Waals surface area contributed by atoms with E-state index in [2.05, 4.69) is 11.6 Å². The van der Waals surface area contributed by atoms with E-state index in [1.165, 1.54) is 5.56 Å². The number of benzene rings is 2. The van der Waals surface area contributed by atoms with Gasteiger partial charge in [-0.05, 0) is 36.6 Å². The van der Waals surface area contributed by atoms with Crippen molar-refractivity contribution in [3.8, 4) is 0 Å². The smallest absolute Gasteiger partial charge is 0.212 e. The van der Waals surface area contributed by atoms with E-state index in [0.717, 1.165) is 12.0 Å². The zero-order valence-electron chi connectivity index (χ0n) is 13.0. The van der Waals surface area contributed by atoms with Crippen molar-refractivity contribution in [2.24, 2.45) is 0 Å². The second-order valence-electron chi connectivity index (χ2n) is 5.39. The van der Waals surface area contributed by atoms with E-state index in [1.807, 2.05) is 31.2 Å². The molecule has 0 heterocycles. The van der Waals surface area contributed by atoms with Crippen molar-refractivity contribution in [3.05, 3.63) is 69.2 Å². The summed E-state index contributed by atoms with van der Waals surface area (Å²) in [5, 5.41) is 0.700. The van der Waals surface area contributed by atoms with E-state index in [9.17, 15) is 8.42 Å². The van der Waals surface area contributed by atoms with Crippen LogP contribution in [0, 0.1) is 0 Å². The summed E-state index contributed by atoms with van der Waals surface area (Å²) in [5.41, 5.74) is 2.54. The number of halogens is 2. The van der Waals surface area contributed by atoms with Crippen LogP contribution in [0.3, 0.4) is 0 Å². The Bertz CT molecular complexity index is 753. The lowest BCUT2D eigenvalue weighted by molar-refractivity contribution is 0.566. The van der Waals surface area contributed by atoms with Crippen LogP contribution in [0.2, 0.25) is 10.0 Å². The topological polar surface area (TPSA) is 46.2 Å². The molecule has 1 unspecified atom stereocenters. The number of hydrogen-bond acceptors (Lipinski definition) is 2. The van der Waals surface area contributed by atoms with Crippen molar-refractivity contribution in [1.29, 1.82) is 0 Å². The van der Waals surface area contributed by atoms with Crippen molar-refractivity contribution >= 4 is 33.2 Å². The molecule has 0 radical (unpaired) electrons. The molecule has 0 saturated carbocycles. The second-order valence-corrected chi connectivity index (χ2v) is 7.96. The average molecular weight is 372 g/mol. The largest absolute Gasteiger partial charge is 0.216 e. The molecule has 1 N–H and O–H groups in total. The Labute approximate surface area is 147 Å². The van der Waals surface area contributed by atoms with Gasteiger partial charge in [0.25, 0.3) is 0 Å². The van der Waals surface area contributed by atoms with Gasteiger partial charge in [0.1, 0.15) is 0 Å². The van der Waals surface area contributed by atoms with Gasteiger partial charge in [-0.2, -0.15) is 0 Å². The number of nitrogens with one attached hydrogen (secondary N) is 1. The van der Waals surface area contributed by atoms with Gasteiger partial charge < -0.3 is 0 Å². The molecule has 1 atom stereocenters. The first-order valence-electron chi connectivity index (χ1n) is 7.34. The molecule has 124 valence electrons. The normalized spacial score (nSPS) is 13.0. The molecule has 0 fully saturated rings. The van der Waals surface area contributed by atoms with Crippen LogP contribution in [0.5, 0.6) is 0 Å². The molecule has 0 aromatic heterocycles. The summed E-state index contributed by atoms with van der Waals surface area (Å²) in [6, 6.07) is 12.5. The van der Waals surface area contributed by atoms with Gasteiger partial charge in [0, 0.05) is 21.7 Å². The molecule has 23 heavy (non-hydrogen) atoms. The van der Waals surface area contributed by atoms with E-state index < -0.39 is 10.0 Å². The Kier molecular flexibility index (Phi) is 6.09. The fraction of sp³-hybridized carbons (Fsp3) is 0.294. The van der Waals surface area contributed by atoms with E-state index in [4.69, 9.17) is 23.2 Å². The van der Waals surface area contributed by atoms with Crippen LogP contribution in [0.4, 0.5) is 0 Å². The molecule has 6 heteroatoms. The minimum absolute atomic E-state index is 0.247. The van der Waals surface area contributed by atoms with Crippen molar-refractivity contribution in [3.63, 3.8) is 0 Å². The van der Waals surface area contributed by atoms with Gasteiger partial charge in [-0.25, -0.2) is 13.1 Å². The fourth-order valence-corrected chi connectivity index (χ4v) is 4.42. The molecule has 0 bridgehead atoms. The van der Waals surface area contributed by atoms with E-state index in [0.29, 0.717) is 15.6 Å². The standard InChI is InChI=1S/C17H19Cl2NO2S/c1-3-13-7-9-14(10-8-13)12(2)20-23(21,22)11-15-16(18)5-4-6-17(15)19/h4-10,12,20H,3,11H2,1-2H3. The molecule has 0 aliphatic carbocycles. The number of aryl methyl sites for hydroxylation is 1. The average Bonchev–Trinajstić information content (AvgIpc) is 2.51. The molecule has 2 rings (SSSR count). The molecular weight excluding hydrogens is 353 g/mol. The van der Waals surface area contributed by atoms with Gasteiger partial charge >= 0.3 is 0 Å². The summed E-state index contributed by atoms with van der Waals surface area (Å²) >= 11 is 12.1. The van der Waals surface area contributed by atoms with Crippen LogP contribution in [-0.4, -0.2) is 8.42 Å². The van der Waals surface area contributed by atoms with Crippen molar-refractivity contribution in [1.82, 2.24) is 4.72 Å². The zero-order valence-corrected chi connectivity index (χ0v) is 15.3. The Hall–Kier alpha value is -1.07. The third-order valence-corrected chi connectivity index (χ3v) is 5.73. The Morgan fingerprint density at radius 2 is 1.61 bits per heavy atom. The van der Waals surface area contributed by atoms with Crippen LogP contribution in [0.1, 0.15) is 36.6 Å². The lowest BCUT2D eigenvalue weighted by Gasteiger charge is -2.16. The summed E-state index contributed by atoms with van der Waals surface area (Å²) in [4.78, 5) is 0. The highest BCUT2D eigenvalue weighted by atomic mass is 35.5. The second kappa shape index (κ2) is 7.67. The maximum atomic E-state index is 12.4. The first kappa shape index (κ1) is 18.3. The fourth-order valence-electron chi connectivity index (χ4n) is 2.28. The highest BCUT2D eigenvalue weighted by Crippen LogP contribution is 2.26. The molecule has 3 nitrogen and oxygen atoms in total. The minimum atomic E-state index is -3.56. The summed E-state index contributed by atoms with van der Waals surface area (Å²) in [5.74, 6) is -0.247. The molecule has 0 aliphatic rings. The quantitative estimate of drug-likeness (QED) is 0.796. The lowest BCUT2D eigenvalue weighted by Crippen LogP contribution is -2.28. The summed E-state index contributed by atoms with van der Waals surface area (Å²) in [6.45, 7) is 3.89. The summed E-state index contributed by atoms with van der Waals surface area (Å²) in [6.07, 6.45) is 0.950. The molecule has 0 spiro atoms. The van der Waals surface area contributed by atoms with Crippen LogP contribution in [-0.2, 0) is 22.2 Å². The number of sulfonamides is 1. The van der Waals surface area contributed by atoms with E-state index >= 15 is 0 Å². The SMILES string of the molecule is CCc1ccc(C(C)NS(=O)(=O)Cc2c(Cl)cccc2Cl)cc1. The number of hydrogen-bond donors (Lipinski definition) is 1. The van der Waals surface area contributed by atoms with Gasteiger partial charge in [-0.15, -0.1) is 0 Å². The minimum Gasteiger partial charge on any atom is -0.212 e. The first-order valence-corrected chi connectivity index (χ1v) is 9.75. The van der Waals surface area contributed by atoms with E-state index in [-0.39, 0.29) is 11.8 Å². The van der Waals surface area contributed by atoms with Crippen LogP contribution in [0.15, 0.2) is 42.5 Å². The summed E-state index contributed by atoms with van der Waals surface area (Å²) < 4.78 is 27.4. The third kappa shape index (κ3) is 4.95. The maximum absolute atomic E-state index is 12.4.